The molecule has 1 aliphatic carbocycles. The largest absolute Gasteiger partial charge is 0.342 e. The van der Waals surface area contributed by atoms with Crippen molar-refractivity contribution >= 4 is 15.9 Å². The van der Waals surface area contributed by atoms with Gasteiger partial charge in [0.05, 0.1) is 17.5 Å². The average Bonchev–Trinajstić information content (AvgIpc) is 3.21. The number of aromatic nitrogens is 2. The number of rotatable bonds is 3. The SMILES string of the molecule is CS(=O)(=O)N1CCc2nc([C@@H]3CCCN(C(=O)C4CCCC4)C3)[nH]c(=O)c2C1. The molecule has 4 rings (SSSR count). The molecule has 0 spiro atoms. The lowest BCUT2D eigenvalue weighted by Gasteiger charge is -2.34. The van der Waals surface area contributed by atoms with Gasteiger partial charge in [-0.3, -0.25) is 9.59 Å². The number of carbonyl (C=O) groups is 1. The summed E-state index contributed by atoms with van der Waals surface area (Å²) in [6.45, 7) is 1.81. The Morgan fingerprint density at radius 1 is 1.14 bits per heavy atom. The van der Waals surface area contributed by atoms with E-state index in [0.29, 0.717) is 36.6 Å². The van der Waals surface area contributed by atoms with Crippen LogP contribution in [0.4, 0.5) is 0 Å². The Balaban J connectivity index is 1.53. The second-order valence-electron chi connectivity index (χ2n) is 8.33. The third-order valence-corrected chi connectivity index (χ3v) is 7.59. The van der Waals surface area contributed by atoms with Crippen LogP contribution in [0.15, 0.2) is 4.79 Å². The van der Waals surface area contributed by atoms with E-state index in [4.69, 9.17) is 4.98 Å². The quantitative estimate of drug-likeness (QED) is 0.803. The molecule has 1 atom stereocenters. The van der Waals surface area contributed by atoms with Crippen molar-refractivity contribution in [3.63, 3.8) is 0 Å². The summed E-state index contributed by atoms with van der Waals surface area (Å²) in [5.41, 5.74) is 0.876. The molecule has 2 fully saturated rings. The van der Waals surface area contributed by atoms with Gasteiger partial charge in [-0.2, -0.15) is 4.31 Å². The number of nitrogens with zero attached hydrogens (tertiary/aromatic N) is 3. The van der Waals surface area contributed by atoms with E-state index in [1.165, 1.54) is 4.31 Å². The smallest absolute Gasteiger partial charge is 0.255 e. The molecule has 1 amide bonds. The van der Waals surface area contributed by atoms with Crippen molar-refractivity contribution in [3.05, 3.63) is 27.4 Å². The Morgan fingerprint density at radius 3 is 2.61 bits per heavy atom. The van der Waals surface area contributed by atoms with Crippen molar-refractivity contribution in [2.75, 3.05) is 25.9 Å². The minimum Gasteiger partial charge on any atom is -0.342 e. The summed E-state index contributed by atoms with van der Waals surface area (Å²) in [5.74, 6) is 1.09. The number of fused-ring (bicyclic) bond motifs is 1. The zero-order valence-corrected chi connectivity index (χ0v) is 17.1. The Kier molecular flexibility index (Phi) is 5.30. The Morgan fingerprint density at radius 2 is 1.89 bits per heavy atom. The molecule has 1 N–H and O–H groups in total. The van der Waals surface area contributed by atoms with Crippen LogP contribution in [0.25, 0.3) is 0 Å². The summed E-state index contributed by atoms with van der Waals surface area (Å²) in [6, 6.07) is 0. The number of carbonyl (C=O) groups excluding carboxylic acids is 1. The van der Waals surface area contributed by atoms with Gasteiger partial charge in [-0.25, -0.2) is 13.4 Å². The zero-order valence-electron chi connectivity index (χ0n) is 16.3. The molecule has 1 aromatic heterocycles. The summed E-state index contributed by atoms with van der Waals surface area (Å²) in [4.78, 5) is 34.9. The highest BCUT2D eigenvalue weighted by molar-refractivity contribution is 7.88. The molecular weight excluding hydrogens is 380 g/mol. The molecule has 0 bridgehead atoms. The van der Waals surface area contributed by atoms with Crippen molar-refractivity contribution in [2.24, 2.45) is 5.92 Å². The van der Waals surface area contributed by atoms with Gasteiger partial charge in [0.2, 0.25) is 15.9 Å². The summed E-state index contributed by atoms with van der Waals surface area (Å²) >= 11 is 0. The van der Waals surface area contributed by atoms with Crippen LogP contribution < -0.4 is 5.56 Å². The molecule has 1 saturated heterocycles. The predicted molar refractivity (Wildman–Crippen MR) is 104 cm³/mol. The summed E-state index contributed by atoms with van der Waals surface area (Å²) in [5, 5.41) is 0. The summed E-state index contributed by atoms with van der Waals surface area (Å²) < 4.78 is 24.9. The topological polar surface area (TPSA) is 103 Å². The lowest BCUT2D eigenvalue weighted by atomic mass is 9.95. The molecule has 0 aromatic carbocycles. The maximum absolute atomic E-state index is 12.8. The van der Waals surface area contributed by atoms with Crippen molar-refractivity contribution < 1.29 is 13.2 Å². The first-order valence-corrected chi connectivity index (χ1v) is 12.0. The highest BCUT2D eigenvalue weighted by Crippen LogP contribution is 2.31. The molecule has 1 aromatic rings. The van der Waals surface area contributed by atoms with Crippen molar-refractivity contribution in [1.82, 2.24) is 19.2 Å². The first-order valence-electron chi connectivity index (χ1n) is 10.2. The minimum atomic E-state index is -3.33. The zero-order chi connectivity index (χ0) is 19.9. The lowest BCUT2D eigenvalue weighted by molar-refractivity contribution is -0.136. The van der Waals surface area contributed by atoms with Gasteiger partial charge in [0.1, 0.15) is 5.82 Å². The van der Waals surface area contributed by atoms with Gasteiger partial charge in [0.15, 0.2) is 0 Å². The third kappa shape index (κ3) is 3.87. The van der Waals surface area contributed by atoms with Crippen LogP contribution in [-0.2, 0) is 27.8 Å². The van der Waals surface area contributed by atoms with Crippen molar-refractivity contribution in [3.8, 4) is 0 Å². The lowest BCUT2D eigenvalue weighted by Crippen LogP contribution is -2.43. The normalized spacial score (nSPS) is 24.3. The number of H-pyrrole nitrogens is 1. The number of nitrogens with one attached hydrogen (secondary N) is 1. The number of aromatic amines is 1. The van der Waals surface area contributed by atoms with Gasteiger partial charge < -0.3 is 9.88 Å². The van der Waals surface area contributed by atoms with Crippen LogP contribution in [0.2, 0.25) is 0 Å². The third-order valence-electron chi connectivity index (χ3n) is 6.35. The van der Waals surface area contributed by atoms with Gasteiger partial charge in [-0.05, 0) is 25.7 Å². The van der Waals surface area contributed by atoms with Gasteiger partial charge >= 0.3 is 0 Å². The van der Waals surface area contributed by atoms with E-state index in [-0.39, 0.29) is 29.8 Å². The van der Waals surface area contributed by atoms with Crippen molar-refractivity contribution in [2.45, 2.75) is 57.4 Å². The Bertz CT molecular complexity index is 920. The molecule has 2 aliphatic heterocycles. The second kappa shape index (κ2) is 7.59. The molecule has 3 aliphatic rings. The van der Waals surface area contributed by atoms with E-state index < -0.39 is 10.0 Å². The molecular formula is C19H28N4O4S. The first kappa shape index (κ1) is 19.6. The van der Waals surface area contributed by atoms with E-state index in [2.05, 4.69) is 4.98 Å². The molecule has 1 saturated carbocycles. The van der Waals surface area contributed by atoms with Crippen LogP contribution >= 0.6 is 0 Å². The highest BCUT2D eigenvalue weighted by atomic mass is 32.2. The molecule has 0 radical (unpaired) electrons. The molecule has 154 valence electrons. The number of piperidine rings is 1. The van der Waals surface area contributed by atoms with Crippen LogP contribution in [0.1, 0.15) is 61.5 Å². The minimum absolute atomic E-state index is 0.0324. The Labute approximate surface area is 165 Å². The maximum Gasteiger partial charge on any atom is 0.255 e. The monoisotopic (exact) mass is 408 g/mol. The van der Waals surface area contributed by atoms with Crippen LogP contribution in [-0.4, -0.2) is 59.4 Å². The highest BCUT2D eigenvalue weighted by Gasteiger charge is 2.33. The summed E-state index contributed by atoms with van der Waals surface area (Å²) in [6.07, 6.45) is 7.66. The fourth-order valence-electron chi connectivity index (χ4n) is 4.73. The molecule has 8 nitrogen and oxygen atoms in total. The van der Waals surface area contributed by atoms with Crippen LogP contribution in [0.3, 0.4) is 0 Å². The number of hydrogen-bond acceptors (Lipinski definition) is 5. The van der Waals surface area contributed by atoms with E-state index in [1.807, 2.05) is 4.90 Å². The second-order valence-corrected chi connectivity index (χ2v) is 10.3. The van der Waals surface area contributed by atoms with E-state index in [9.17, 15) is 18.0 Å². The van der Waals surface area contributed by atoms with Crippen molar-refractivity contribution in [1.29, 1.82) is 0 Å². The molecule has 0 unspecified atom stereocenters. The van der Waals surface area contributed by atoms with Gasteiger partial charge in [-0.15, -0.1) is 0 Å². The maximum atomic E-state index is 12.8. The average molecular weight is 409 g/mol. The molecule has 9 heteroatoms. The van der Waals surface area contributed by atoms with Gasteiger partial charge in [0.25, 0.3) is 5.56 Å². The number of amides is 1. The van der Waals surface area contributed by atoms with Gasteiger partial charge in [0, 0.05) is 44.4 Å². The van der Waals surface area contributed by atoms with Gasteiger partial charge in [-0.1, -0.05) is 12.8 Å². The fourth-order valence-corrected chi connectivity index (χ4v) is 5.51. The van der Waals surface area contributed by atoms with E-state index in [1.54, 1.807) is 0 Å². The van der Waals surface area contributed by atoms with E-state index >= 15 is 0 Å². The first-order chi connectivity index (χ1) is 13.3. The number of sulfonamides is 1. The molecule has 28 heavy (non-hydrogen) atoms. The standard InChI is InChI=1S/C19H28N4O4S/c1-28(26,27)23-10-8-16-15(12-23)18(24)21-17(20-16)14-7-4-9-22(11-14)19(25)13-5-2-3-6-13/h13-14H,2-12H2,1H3,(H,20,21,24)/t14-/m1/s1. The summed E-state index contributed by atoms with van der Waals surface area (Å²) in [7, 11) is -3.33. The van der Waals surface area contributed by atoms with Crippen LogP contribution in [0, 0.1) is 5.92 Å². The molecule has 3 heterocycles. The fraction of sp³-hybridized carbons (Fsp3) is 0.737. The van der Waals surface area contributed by atoms with E-state index in [0.717, 1.165) is 51.3 Å². The number of hydrogen-bond donors (Lipinski definition) is 1. The Hall–Kier alpha value is -1.74. The number of likely N-dealkylation sites (tertiary alicyclic amines) is 1. The predicted octanol–water partition coefficient (Wildman–Crippen LogP) is 0.984. The van der Waals surface area contributed by atoms with Crippen LogP contribution in [0.5, 0.6) is 0 Å².